The Morgan fingerprint density at radius 2 is 1.78 bits per heavy atom. The van der Waals surface area contributed by atoms with Crippen LogP contribution in [-0.4, -0.2) is 25.0 Å². The Morgan fingerprint density at radius 3 is 2.39 bits per heavy atom. The van der Waals surface area contributed by atoms with Crippen molar-refractivity contribution >= 4 is 46.6 Å². The summed E-state index contributed by atoms with van der Waals surface area (Å²) < 4.78 is 5.13. The van der Waals surface area contributed by atoms with Gasteiger partial charge in [-0.05, 0) is 6.07 Å². The predicted octanol–water partition coefficient (Wildman–Crippen LogP) is 1.63. The molecule has 0 radical (unpaired) electrons. The van der Waals surface area contributed by atoms with Crippen LogP contribution in [0.15, 0.2) is 12.1 Å². The van der Waals surface area contributed by atoms with Crippen molar-refractivity contribution in [1.29, 1.82) is 0 Å². The maximum Gasteiger partial charge on any atom is 0.258 e. The van der Waals surface area contributed by atoms with Crippen LogP contribution < -0.4 is 15.8 Å². The number of nitrogens with one attached hydrogen (secondary N) is 1. The van der Waals surface area contributed by atoms with Crippen LogP contribution in [0.5, 0.6) is 5.75 Å². The number of rotatable bonds is 5. The molecule has 0 aliphatic heterocycles. The zero-order valence-electron chi connectivity index (χ0n) is 9.00. The first-order valence-corrected chi connectivity index (χ1v) is 5.86. The van der Waals surface area contributed by atoms with Crippen LogP contribution in [0, 0.1) is 0 Å². The lowest BCUT2D eigenvalue weighted by Crippen LogP contribution is -2.36. The largest absolute Gasteiger partial charge is 0.482 e. The first-order chi connectivity index (χ1) is 8.40. The lowest BCUT2D eigenvalue weighted by molar-refractivity contribution is -0.126. The molecule has 0 saturated heterocycles. The number of benzene rings is 1. The second kappa shape index (κ2) is 6.68. The first-order valence-electron chi connectivity index (χ1n) is 4.72. The number of ether oxygens (including phenoxy) is 1. The van der Waals surface area contributed by atoms with Crippen molar-refractivity contribution in [3.63, 3.8) is 0 Å². The molecule has 3 N–H and O–H groups in total. The van der Waals surface area contributed by atoms with E-state index in [-0.39, 0.29) is 34.0 Å². The van der Waals surface area contributed by atoms with Crippen molar-refractivity contribution in [1.82, 2.24) is 5.32 Å². The molecule has 0 heterocycles. The number of nitrogens with two attached hydrogens (primary N) is 1. The zero-order valence-corrected chi connectivity index (χ0v) is 11.3. The summed E-state index contributed by atoms with van der Waals surface area (Å²) in [5.74, 6) is -0.924. The average molecular weight is 312 g/mol. The third-order valence-corrected chi connectivity index (χ3v) is 2.81. The van der Waals surface area contributed by atoms with Crippen molar-refractivity contribution in [2.45, 2.75) is 0 Å². The smallest absolute Gasteiger partial charge is 0.258 e. The standard InChI is InChI=1S/C10H9Cl3N2O3/c11-5-1-7(13)8(2-6(5)12)18-4-10(17)15-3-9(14)16/h1-2H,3-4H2,(H2,14,16)(H,15,17). The van der Waals surface area contributed by atoms with Gasteiger partial charge in [0.1, 0.15) is 5.75 Å². The number of carbonyl (C=O) groups excluding carboxylic acids is 2. The average Bonchev–Trinajstić information content (AvgIpc) is 2.29. The highest BCUT2D eigenvalue weighted by Gasteiger charge is 2.09. The molecule has 5 nitrogen and oxygen atoms in total. The van der Waals surface area contributed by atoms with Crippen molar-refractivity contribution in [3.8, 4) is 5.75 Å². The van der Waals surface area contributed by atoms with Gasteiger partial charge in [0.25, 0.3) is 5.91 Å². The number of primary amides is 1. The molecule has 0 unspecified atom stereocenters. The first kappa shape index (κ1) is 14.9. The van der Waals surface area contributed by atoms with Crippen LogP contribution in [-0.2, 0) is 9.59 Å². The fourth-order valence-corrected chi connectivity index (χ4v) is 1.59. The molecular weight excluding hydrogens is 302 g/mol. The van der Waals surface area contributed by atoms with Gasteiger partial charge in [-0.1, -0.05) is 34.8 Å². The number of hydrogen-bond donors (Lipinski definition) is 2. The summed E-state index contributed by atoms with van der Waals surface area (Å²) in [6, 6.07) is 2.80. The second-order valence-electron chi connectivity index (χ2n) is 3.23. The highest BCUT2D eigenvalue weighted by molar-refractivity contribution is 6.43. The van der Waals surface area contributed by atoms with E-state index in [2.05, 4.69) is 5.32 Å². The Kier molecular flexibility index (Phi) is 5.53. The molecule has 0 fully saturated rings. The van der Waals surface area contributed by atoms with E-state index in [1.54, 1.807) is 0 Å². The number of hydrogen-bond acceptors (Lipinski definition) is 3. The zero-order chi connectivity index (χ0) is 13.7. The normalized spacial score (nSPS) is 9.94. The van der Waals surface area contributed by atoms with E-state index in [4.69, 9.17) is 45.3 Å². The molecule has 18 heavy (non-hydrogen) atoms. The maximum atomic E-state index is 11.2. The van der Waals surface area contributed by atoms with Crippen LogP contribution in [0.1, 0.15) is 0 Å². The lowest BCUT2D eigenvalue weighted by atomic mass is 10.3. The van der Waals surface area contributed by atoms with E-state index in [1.807, 2.05) is 0 Å². The van der Waals surface area contributed by atoms with Crippen LogP contribution in [0.25, 0.3) is 0 Å². The Morgan fingerprint density at radius 1 is 1.17 bits per heavy atom. The van der Waals surface area contributed by atoms with E-state index < -0.39 is 11.8 Å². The Balaban J connectivity index is 2.56. The minimum atomic E-state index is -0.643. The quantitative estimate of drug-likeness (QED) is 0.811. The van der Waals surface area contributed by atoms with Crippen molar-refractivity contribution in [3.05, 3.63) is 27.2 Å². The molecule has 1 rings (SSSR count). The lowest BCUT2D eigenvalue weighted by Gasteiger charge is -2.09. The molecule has 2 amide bonds. The van der Waals surface area contributed by atoms with Gasteiger partial charge in [-0.25, -0.2) is 0 Å². The summed E-state index contributed by atoms with van der Waals surface area (Å²) in [4.78, 5) is 21.7. The maximum absolute atomic E-state index is 11.2. The topological polar surface area (TPSA) is 81.4 Å². The SMILES string of the molecule is NC(=O)CNC(=O)COc1cc(Cl)c(Cl)cc1Cl. The van der Waals surface area contributed by atoms with Gasteiger partial charge in [0.2, 0.25) is 5.91 Å². The molecule has 1 aromatic carbocycles. The van der Waals surface area contributed by atoms with Gasteiger partial charge in [0, 0.05) is 6.07 Å². The predicted molar refractivity (Wildman–Crippen MR) is 69.2 cm³/mol. The molecule has 0 aliphatic rings. The molecule has 8 heteroatoms. The summed E-state index contributed by atoms with van der Waals surface area (Å²) in [6.07, 6.45) is 0. The van der Waals surface area contributed by atoms with Gasteiger partial charge in [0.05, 0.1) is 21.6 Å². The highest BCUT2D eigenvalue weighted by Crippen LogP contribution is 2.33. The van der Waals surface area contributed by atoms with Gasteiger partial charge in [-0.15, -0.1) is 0 Å². The summed E-state index contributed by atoms with van der Waals surface area (Å²) in [6.45, 7) is -0.567. The molecule has 98 valence electrons. The molecule has 0 spiro atoms. The van der Waals surface area contributed by atoms with E-state index in [1.165, 1.54) is 12.1 Å². The monoisotopic (exact) mass is 310 g/mol. The van der Waals surface area contributed by atoms with Crippen LogP contribution in [0.4, 0.5) is 0 Å². The molecule has 0 atom stereocenters. The molecular formula is C10H9Cl3N2O3. The minimum Gasteiger partial charge on any atom is -0.482 e. The minimum absolute atomic E-state index is 0.222. The van der Waals surface area contributed by atoms with E-state index in [0.29, 0.717) is 0 Å². The number of halogens is 3. The van der Waals surface area contributed by atoms with E-state index in [0.717, 1.165) is 0 Å². The second-order valence-corrected chi connectivity index (χ2v) is 4.45. The summed E-state index contributed by atoms with van der Waals surface area (Å²) in [5, 5.41) is 3.03. The van der Waals surface area contributed by atoms with Crippen molar-refractivity contribution in [2.24, 2.45) is 5.73 Å². The Bertz CT molecular complexity index is 480. The van der Waals surface area contributed by atoms with Crippen LogP contribution in [0.2, 0.25) is 15.1 Å². The molecule has 0 bridgehead atoms. The molecule has 1 aromatic rings. The Labute approximate surface area is 118 Å². The van der Waals surface area contributed by atoms with E-state index in [9.17, 15) is 9.59 Å². The molecule has 0 aliphatic carbocycles. The number of carbonyl (C=O) groups is 2. The molecule has 0 aromatic heterocycles. The fraction of sp³-hybridized carbons (Fsp3) is 0.200. The van der Waals surface area contributed by atoms with Gasteiger partial charge in [-0.3, -0.25) is 9.59 Å². The highest BCUT2D eigenvalue weighted by atomic mass is 35.5. The van der Waals surface area contributed by atoms with Gasteiger partial charge >= 0.3 is 0 Å². The molecule has 0 saturated carbocycles. The third-order valence-electron chi connectivity index (χ3n) is 1.79. The third kappa shape index (κ3) is 4.60. The van der Waals surface area contributed by atoms with Crippen LogP contribution in [0.3, 0.4) is 0 Å². The summed E-state index contributed by atoms with van der Waals surface area (Å²) in [7, 11) is 0. The van der Waals surface area contributed by atoms with Gasteiger partial charge in [0.15, 0.2) is 6.61 Å². The van der Waals surface area contributed by atoms with Crippen molar-refractivity contribution in [2.75, 3.05) is 13.2 Å². The van der Waals surface area contributed by atoms with Crippen molar-refractivity contribution < 1.29 is 14.3 Å². The van der Waals surface area contributed by atoms with E-state index >= 15 is 0 Å². The summed E-state index contributed by atoms with van der Waals surface area (Å²) in [5.41, 5.74) is 4.86. The Hall–Kier alpha value is -1.17. The van der Waals surface area contributed by atoms with Crippen LogP contribution >= 0.6 is 34.8 Å². The van der Waals surface area contributed by atoms with Gasteiger partial charge in [-0.2, -0.15) is 0 Å². The number of amides is 2. The van der Waals surface area contributed by atoms with Gasteiger partial charge < -0.3 is 15.8 Å². The summed E-state index contributed by atoms with van der Waals surface area (Å²) >= 11 is 17.3. The fourth-order valence-electron chi connectivity index (χ4n) is 0.995.